The van der Waals surface area contributed by atoms with Crippen molar-refractivity contribution in [2.75, 3.05) is 7.11 Å². The quantitative estimate of drug-likeness (QED) is 0.197. The van der Waals surface area contributed by atoms with Crippen molar-refractivity contribution >= 4 is 34.0 Å². The zero-order valence-electron chi connectivity index (χ0n) is 18.8. The first-order valence-corrected chi connectivity index (χ1v) is 11.8. The fraction of sp³-hybridized carbons (Fsp3) is 0.179. The van der Waals surface area contributed by atoms with Gasteiger partial charge in [-0.2, -0.15) is 0 Å². The third kappa shape index (κ3) is 4.05. The van der Waals surface area contributed by atoms with Crippen LogP contribution in [0, 0.1) is 12.7 Å². The van der Waals surface area contributed by atoms with Crippen LogP contribution in [-0.4, -0.2) is 13.6 Å². The SMILES string of the molecule is COc1ccc2c(Oc3ccc(/C=C/OC=O)cc3)c(C3(c4ccc(F)cc4C)CC3)sc2c1. The van der Waals surface area contributed by atoms with Crippen molar-refractivity contribution in [2.24, 2.45) is 0 Å². The number of thiophene rings is 1. The Morgan fingerprint density at radius 2 is 1.76 bits per heavy atom. The summed E-state index contributed by atoms with van der Waals surface area (Å²) >= 11 is 1.71. The van der Waals surface area contributed by atoms with E-state index in [4.69, 9.17) is 9.47 Å². The number of methoxy groups -OCH3 is 1. The molecule has 5 rings (SSSR count). The normalized spacial score (nSPS) is 14.3. The first-order valence-electron chi connectivity index (χ1n) is 11.0. The third-order valence-corrected chi connectivity index (χ3v) is 7.57. The molecule has 0 saturated heterocycles. The second kappa shape index (κ2) is 8.95. The Kier molecular flexibility index (Phi) is 5.84. The molecule has 1 fully saturated rings. The first kappa shape index (κ1) is 22.2. The molecule has 0 radical (unpaired) electrons. The molecule has 6 heteroatoms. The molecular formula is C28H23FO4S. The van der Waals surface area contributed by atoms with Crippen molar-refractivity contribution in [3.05, 3.63) is 94.3 Å². The van der Waals surface area contributed by atoms with Crippen LogP contribution in [0.1, 0.15) is 34.4 Å². The van der Waals surface area contributed by atoms with Crippen molar-refractivity contribution in [3.63, 3.8) is 0 Å². The van der Waals surface area contributed by atoms with Crippen LogP contribution < -0.4 is 9.47 Å². The van der Waals surface area contributed by atoms with Gasteiger partial charge in [0.25, 0.3) is 6.47 Å². The van der Waals surface area contributed by atoms with Crippen LogP contribution in [0.15, 0.2) is 66.9 Å². The molecule has 0 spiro atoms. The molecule has 3 aromatic carbocycles. The summed E-state index contributed by atoms with van der Waals surface area (Å²) in [6.07, 6.45) is 5.01. The summed E-state index contributed by atoms with van der Waals surface area (Å²) in [7, 11) is 1.66. The molecule has 0 aliphatic heterocycles. The fourth-order valence-electron chi connectivity index (χ4n) is 4.42. The summed E-state index contributed by atoms with van der Waals surface area (Å²) in [4.78, 5) is 11.5. The van der Waals surface area contributed by atoms with Crippen LogP contribution in [0.4, 0.5) is 4.39 Å². The Balaban J connectivity index is 1.58. The smallest absolute Gasteiger partial charge is 0.297 e. The Morgan fingerprint density at radius 1 is 1.00 bits per heavy atom. The van der Waals surface area contributed by atoms with E-state index in [1.165, 1.54) is 6.26 Å². The first-order chi connectivity index (χ1) is 16.5. The maximum absolute atomic E-state index is 13.8. The fourth-order valence-corrected chi connectivity index (χ4v) is 5.84. The molecule has 172 valence electrons. The molecule has 0 bridgehead atoms. The largest absolute Gasteiger partial charge is 0.497 e. The highest BCUT2D eigenvalue weighted by molar-refractivity contribution is 7.19. The van der Waals surface area contributed by atoms with Gasteiger partial charge in [-0.15, -0.1) is 11.3 Å². The van der Waals surface area contributed by atoms with Crippen LogP contribution in [0.25, 0.3) is 16.2 Å². The number of fused-ring (bicyclic) bond motifs is 1. The number of ether oxygens (including phenoxy) is 3. The van der Waals surface area contributed by atoms with E-state index in [9.17, 15) is 9.18 Å². The van der Waals surface area contributed by atoms with Gasteiger partial charge in [0.2, 0.25) is 0 Å². The highest BCUT2D eigenvalue weighted by Gasteiger charge is 2.50. The van der Waals surface area contributed by atoms with Crippen LogP contribution in [-0.2, 0) is 14.9 Å². The van der Waals surface area contributed by atoms with E-state index in [1.807, 2.05) is 55.5 Å². The van der Waals surface area contributed by atoms with Crippen LogP contribution in [0.5, 0.6) is 17.2 Å². The summed E-state index contributed by atoms with van der Waals surface area (Å²) < 4.78 is 31.5. The van der Waals surface area contributed by atoms with Gasteiger partial charge in [-0.1, -0.05) is 18.2 Å². The molecule has 0 unspecified atom stereocenters. The van der Waals surface area contributed by atoms with Gasteiger partial charge in [0.15, 0.2) is 0 Å². The van der Waals surface area contributed by atoms with E-state index in [0.717, 1.165) is 56.0 Å². The number of rotatable bonds is 8. The van der Waals surface area contributed by atoms with E-state index >= 15 is 0 Å². The van der Waals surface area contributed by atoms with Gasteiger partial charge >= 0.3 is 0 Å². The Hall–Kier alpha value is -3.64. The lowest BCUT2D eigenvalue weighted by Gasteiger charge is -2.19. The zero-order chi connectivity index (χ0) is 23.7. The summed E-state index contributed by atoms with van der Waals surface area (Å²) in [5.41, 5.74) is 2.80. The Bertz CT molecular complexity index is 1380. The Labute approximate surface area is 201 Å². The van der Waals surface area contributed by atoms with Crippen molar-refractivity contribution in [3.8, 4) is 17.2 Å². The third-order valence-electron chi connectivity index (χ3n) is 6.23. The monoisotopic (exact) mass is 474 g/mol. The Morgan fingerprint density at radius 3 is 2.44 bits per heavy atom. The van der Waals surface area contributed by atoms with Gasteiger partial charge in [0.1, 0.15) is 23.1 Å². The topological polar surface area (TPSA) is 44.8 Å². The molecule has 1 heterocycles. The van der Waals surface area contributed by atoms with Gasteiger partial charge in [0, 0.05) is 15.5 Å². The highest BCUT2D eigenvalue weighted by atomic mass is 32.1. The van der Waals surface area contributed by atoms with E-state index in [1.54, 1.807) is 36.7 Å². The second-order valence-electron chi connectivity index (χ2n) is 8.37. The summed E-state index contributed by atoms with van der Waals surface area (Å²) in [6.45, 7) is 2.35. The molecule has 4 nitrogen and oxygen atoms in total. The minimum atomic E-state index is -0.220. The summed E-state index contributed by atoms with van der Waals surface area (Å²) in [5, 5.41) is 1.02. The molecule has 1 aromatic heterocycles. The minimum Gasteiger partial charge on any atom is -0.497 e. The molecule has 0 amide bonds. The van der Waals surface area contributed by atoms with Crippen LogP contribution >= 0.6 is 11.3 Å². The van der Waals surface area contributed by atoms with E-state index in [2.05, 4.69) is 4.74 Å². The minimum absolute atomic E-state index is 0.182. The lowest BCUT2D eigenvalue weighted by atomic mass is 9.89. The van der Waals surface area contributed by atoms with E-state index in [0.29, 0.717) is 12.2 Å². The predicted molar refractivity (Wildman–Crippen MR) is 132 cm³/mol. The average Bonchev–Trinajstić information content (AvgIpc) is 3.56. The number of hydrogen-bond acceptors (Lipinski definition) is 5. The van der Waals surface area contributed by atoms with Crippen LogP contribution in [0.2, 0.25) is 0 Å². The van der Waals surface area contributed by atoms with E-state index in [-0.39, 0.29) is 11.2 Å². The molecule has 0 atom stereocenters. The molecule has 34 heavy (non-hydrogen) atoms. The summed E-state index contributed by atoms with van der Waals surface area (Å²) in [6, 6.07) is 18.6. The standard InChI is InChI=1S/C28H23FO4S/c1-18-15-20(29)5-10-24(18)28(12-13-28)27-26(23-9-8-22(31-2)16-25(23)34-27)33-21-6-3-19(4-7-21)11-14-32-17-30/h3-11,14-17H,12-13H2,1-2H3/b14-11+. The predicted octanol–water partition coefficient (Wildman–Crippen LogP) is 7.37. The second-order valence-corrected chi connectivity index (χ2v) is 9.42. The van der Waals surface area contributed by atoms with Crippen molar-refractivity contribution in [2.45, 2.75) is 25.2 Å². The average molecular weight is 475 g/mol. The number of carbonyl (C=O) groups is 1. The molecular weight excluding hydrogens is 451 g/mol. The number of carbonyl (C=O) groups excluding carboxylic acids is 1. The molecule has 0 N–H and O–H groups in total. The molecule has 4 aromatic rings. The van der Waals surface area contributed by atoms with Gasteiger partial charge < -0.3 is 14.2 Å². The highest BCUT2D eigenvalue weighted by Crippen LogP contribution is 2.61. The maximum Gasteiger partial charge on any atom is 0.297 e. The van der Waals surface area contributed by atoms with Crippen molar-refractivity contribution < 1.29 is 23.4 Å². The van der Waals surface area contributed by atoms with Crippen molar-refractivity contribution in [1.29, 1.82) is 0 Å². The number of halogens is 1. The number of aryl methyl sites for hydroxylation is 1. The summed E-state index contributed by atoms with van der Waals surface area (Å²) in [5.74, 6) is 2.11. The number of hydrogen-bond donors (Lipinski definition) is 0. The molecule has 1 saturated carbocycles. The van der Waals surface area contributed by atoms with Gasteiger partial charge in [-0.25, -0.2) is 4.39 Å². The van der Waals surface area contributed by atoms with Gasteiger partial charge in [0.05, 0.1) is 18.2 Å². The lowest BCUT2D eigenvalue weighted by molar-refractivity contribution is -0.123. The van der Waals surface area contributed by atoms with Crippen LogP contribution in [0.3, 0.4) is 0 Å². The van der Waals surface area contributed by atoms with Gasteiger partial charge in [-0.05, 0) is 85.0 Å². The number of benzene rings is 3. The van der Waals surface area contributed by atoms with Crippen molar-refractivity contribution in [1.82, 2.24) is 0 Å². The molecule has 1 aliphatic carbocycles. The lowest BCUT2D eigenvalue weighted by Crippen LogP contribution is -2.10. The van der Waals surface area contributed by atoms with E-state index < -0.39 is 0 Å². The zero-order valence-corrected chi connectivity index (χ0v) is 19.7. The van der Waals surface area contributed by atoms with Gasteiger partial charge in [-0.3, -0.25) is 4.79 Å². The molecule has 1 aliphatic rings. The maximum atomic E-state index is 13.8.